The molecule has 0 bridgehead atoms. The lowest BCUT2D eigenvalue weighted by Gasteiger charge is -2.08. The molecule has 1 N–H and O–H groups in total. The summed E-state index contributed by atoms with van der Waals surface area (Å²) in [7, 11) is 1.72. The molecule has 0 saturated carbocycles. The van der Waals surface area contributed by atoms with Crippen molar-refractivity contribution in [2.75, 3.05) is 5.32 Å². The van der Waals surface area contributed by atoms with Gasteiger partial charge in [0.25, 0.3) is 11.6 Å². The van der Waals surface area contributed by atoms with Gasteiger partial charge in [0.05, 0.1) is 14.2 Å². The molecule has 0 radical (unpaired) electrons. The third-order valence-electron chi connectivity index (χ3n) is 2.48. The number of aromatic nitrogens is 2. The van der Waals surface area contributed by atoms with Gasteiger partial charge in [0.2, 0.25) is 0 Å². The summed E-state index contributed by atoms with van der Waals surface area (Å²) in [5, 5.41) is 17.5. The second-order valence-electron chi connectivity index (χ2n) is 3.99. The smallest absolute Gasteiger partial charge is 0.277 e. The highest BCUT2D eigenvalue weighted by Gasteiger charge is 2.19. The van der Waals surface area contributed by atoms with E-state index < -0.39 is 10.8 Å². The minimum Gasteiger partial charge on any atom is -0.319 e. The number of rotatable bonds is 3. The lowest BCUT2D eigenvalue weighted by atomic mass is 10.2. The molecule has 7 nitrogen and oxygen atoms in total. The number of aryl methyl sites for hydroxylation is 1. The Labute approximate surface area is 149 Å². The van der Waals surface area contributed by atoms with Gasteiger partial charge in [-0.2, -0.15) is 5.10 Å². The first kappa shape index (κ1) is 16.4. The second kappa shape index (κ2) is 6.40. The van der Waals surface area contributed by atoms with Gasteiger partial charge in [-0.1, -0.05) is 0 Å². The van der Waals surface area contributed by atoms with Crippen LogP contribution in [0.25, 0.3) is 0 Å². The average molecular weight is 530 g/mol. The van der Waals surface area contributed by atoms with Crippen molar-refractivity contribution in [3.05, 3.63) is 46.7 Å². The molecule has 0 atom stereocenters. The highest BCUT2D eigenvalue weighted by Crippen LogP contribution is 2.35. The molecule has 1 aromatic heterocycles. The first-order valence-electron chi connectivity index (χ1n) is 5.43. The summed E-state index contributed by atoms with van der Waals surface area (Å²) in [6.45, 7) is 0. The van der Waals surface area contributed by atoms with E-state index in [2.05, 4.69) is 42.3 Å². The molecule has 2 rings (SSSR count). The Hall–Kier alpha value is -1.01. The molecule has 10 heteroatoms. The summed E-state index contributed by atoms with van der Waals surface area (Å²) in [6.07, 6.45) is 1.72. The zero-order chi connectivity index (χ0) is 15.7. The summed E-state index contributed by atoms with van der Waals surface area (Å²) < 4.78 is 3.06. The number of non-ortho nitro benzene ring substituents is 1. The number of nitrogens with one attached hydrogen (secondary N) is 1. The SMILES string of the molecule is Cn1cc(I)c(C(=O)Nc2c(Br)cc([N+](=O)[O-])cc2Br)n1. The van der Waals surface area contributed by atoms with Crippen molar-refractivity contribution in [1.29, 1.82) is 0 Å². The molecule has 0 aliphatic carbocycles. The van der Waals surface area contributed by atoms with Crippen molar-refractivity contribution < 1.29 is 9.72 Å². The molecule has 0 unspecified atom stereocenters. The van der Waals surface area contributed by atoms with Crippen molar-refractivity contribution in [3.63, 3.8) is 0 Å². The Morgan fingerprint density at radius 3 is 2.43 bits per heavy atom. The maximum absolute atomic E-state index is 12.2. The molecule has 0 fully saturated rings. The number of hydrogen-bond acceptors (Lipinski definition) is 4. The van der Waals surface area contributed by atoms with Gasteiger partial charge in [-0.15, -0.1) is 0 Å². The van der Waals surface area contributed by atoms with E-state index in [0.717, 1.165) is 0 Å². The van der Waals surface area contributed by atoms with Crippen molar-refractivity contribution in [2.45, 2.75) is 0 Å². The molecule has 1 amide bonds. The summed E-state index contributed by atoms with van der Waals surface area (Å²) in [4.78, 5) is 22.5. The molecular formula is C11H7Br2IN4O3. The first-order chi connectivity index (χ1) is 9.79. The van der Waals surface area contributed by atoms with Crippen LogP contribution in [0.1, 0.15) is 10.5 Å². The van der Waals surface area contributed by atoms with Crippen LogP contribution >= 0.6 is 54.5 Å². The van der Waals surface area contributed by atoms with E-state index >= 15 is 0 Å². The van der Waals surface area contributed by atoms with E-state index in [1.807, 2.05) is 22.6 Å². The highest BCUT2D eigenvalue weighted by molar-refractivity contribution is 14.1. The van der Waals surface area contributed by atoms with E-state index in [4.69, 9.17) is 0 Å². The quantitative estimate of drug-likeness (QED) is 0.373. The van der Waals surface area contributed by atoms with Crippen LogP contribution in [0.2, 0.25) is 0 Å². The molecule has 110 valence electrons. The Balaban J connectivity index is 2.34. The number of halogens is 3. The minimum atomic E-state index is -0.511. The van der Waals surface area contributed by atoms with Gasteiger partial charge in [-0.05, 0) is 54.5 Å². The van der Waals surface area contributed by atoms with Crippen molar-refractivity contribution >= 4 is 71.7 Å². The number of carbonyl (C=O) groups excluding carboxylic acids is 1. The summed E-state index contributed by atoms with van der Waals surface area (Å²) in [5.41, 5.74) is 0.612. The second-order valence-corrected chi connectivity index (χ2v) is 6.87. The van der Waals surface area contributed by atoms with Gasteiger partial charge in [0, 0.05) is 34.3 Å². The fraction of sp³-hybridized carbons (Fsp3) is 0.0909. The van der Waals surface area contributed by atoms with E-state index in [1.165, 1.54) is 16.8 Å². The average Bonchev–Trinajstić information content (AvgIpc) is 2.72. The number of benzene rings is 1. The maximum atomic E-state index is 12.2. The minimum absolute atomic E-state index is 0.0841. The summed E-state index contributed by atoms with van der Waals surface area (Å²) in [6, 6.07) is 2.65. The number of carbonyl (C=O) groups is 1. The Bertz CT molecular complexity index is 724. The normalized spacial score (nSPS) is 10.5. The summed E-state index contributed by atoms with van der Waals surface area (Å²) in [5.74, 6) is -0.393. The first-order valence-corrected chi connectivity index (χ1v) is 8.10. The number of amides is 1. The molecule has 1 heterocycles. The van der Waals surface area contributed by atoms with Crippen LogP contribution in [0.15, 0.2) is 27.3 Å². The summed E-state index contributed by atoms with van der Waals surface area (Å²) >= 11 is 8.44. The van der Waals surface area contributed by atoms with Crippen LogP contribution in [0.4, 0.5) is 11.4 Å². The third kappa shape index (κ3) is 3.61. The predicted molar refractivity (Wildman–Crippen MR) is 92.4 cm³/mol. The largest absolute Gasteiger partial charge is 0.319 e. The number of anilines is 1. The van der Waals surface area contributed by atoms with Crippen molar-refractivity contribution in [2.24, 2.45) is 7.05 Å². The van der Waals surface area contributed by atoms with Gasteiger partial charge in [0.15, 0.2) is 5.69 Å². The number of nitro groups is 1. The fourth-order valence-corrected chi connectivity index (χ4v) is 3.69. The third-order valence-corrected chi connectivity index (χ3v) is 4.52. The molecule has 0 spiro atoms. The van der Waals surface area contributed by atoms with Gasteiger partial charge in [-0.25, -0.2) is 0 Å². The molecule has 2 aromatic rings. The zero-order valence-corrected chi connectivity index (χ0v) is 15.8. The monoisotopic (exact) mass is 528 g/mol. The van der Waals surface area contributed by atoms with Gasteiger partial charge < -0.3 is 5.32 Å². The molecular weight excluding hydrogens is 523 g/mol. The zero-order valence-electron chi connectivity index (χ0n) is 10.4. The molecule has 0 aliphatic heterocycles. The topological polar surface area (TPSA) is 90.1 Å². The van der Waals surface area contributed by atoms with Crippen LogP contribution in [-0.4, -0.2) is 20.6 Å². The van der Waals surface area contributed by atoms with Crippen LogP contribution in [0, 0.1) is 13.7 Å². The lowest BCUT2D eigenvalue weighted by molar-refractivity contribution is -0.385. The fourth-order valence-electron chi connectivity index (χ4n) is 1.57. The van der Waals surface area contributed by atoms with E-state index in [0.29, 0.717) is 18.2 Å². The van der Waals surface area contributed by atoms with Gasteiger partial charge in [0.1, 0.15) is 0 Å². The number of nitro benzene ring substituents is 1. The lowest BCUT2D eigenvalue weighted by Crippen LogP contribution is -2.15. The van der Waals surface area contributed by atoms with Gasteiger partial charge in [-0.3, -0.25) is 19.6 Å². The Kier molecular flexibility index (Phi) is 4.99. The van der Waals surface area contributed by atoms with E-state index in [1.54, 1.807) is 13.2 Å². The molecule has 0 saturated heterocycles. The molecule has 21 heavy (non-hydrogen) atoms. The van der Waals surface area contributed by atoms with Crippen LogP contribution in [0.3, 0.4) is 0 Å². The van der Waals surface area contributed by atoms with E-state index in [-0.39, 0.29) is 11.4 Å². The van der Waals surface area contributed by atoms with E-state index in [9.17, 15) is 14.9 Å². The van der Waals surface area contributed by atoms with Gasteiger partial charge >= 0.3 is 0 Å². The maximum Gasteiger partial charge on any atom is 0.277 e. The standard InChI is InChI=1S/C11H7Br2IN4O3/c1-17-4-8(14)10(16-17)11(19)15-9-6(12)2-5(18(20)21)3-7(9)13/h2-4H,1H3,(H,15,19). The highest BCUT2D eigenvalue weighted by atomic mass is 127. The van der Waals surface area contributed by atoms with Crippen LogP contribution in [0.5, 0.6) is 0 Å². The Morgan fingerprint density at radius 2 is 2.00 bits per heavy atom. The predicted octanol–water partition coefficient (Wildman–Crippen LogP) is 3.71. The van der Waals surface area contributed by atoms with Crippen molar-refractivity contribution in [1.82, 2.24) is 9.78 Å². The Morgan fingerprint density at radius 1 is 1.43 bits per heavy atom. The number of hydrogen-bond donors (Lipinski definition) is 1. The number of nitrogens with zero attached hydrogens (tertiary/aromatic N) is 3. The van der Waals surface area contributed by atoms with Crippen molar-refractivity contribution in [3.8, 4) is 0 Å². The van der Waals surface area contributed by atoms with Crippen LogP contribution < -0.4 is 5.32 Å². The molecule has 0 aliphatic rings. The van der Waals surface area contributed by atoms with Crippen LogP contribution in [-0.2, 0) is 7.05 Å². The molecule has 1 aromatic carbocycles.